The summed E-state index contributed by atoms with van der Waals surface area (Å²) in [7, 11) is 1.16. The van der Waals surface area contributed by atoms with Gasteiger partial charge in [0.2, 0.25) is 0 Å². The van der Waals surface area contributed by atoms with Gasteiger partial charge in [0.15, 0.2) is 0 Å². The summed E-state index contributed by atoms with van der Waals surface area (Å²) in [6, 6.07) is 0. The monoisotopic (exact) mass is 379 g/mol. The summed E-state index contributed by atoms with van der Waals surface area (Å²) in [5.74, 6) is 1.73. The molecule has 0 aromatic heterocycles. The zero-order valence-corrected chi connectivity index (χ0v) is 18.4. The van der Waals surface area contributed by atoms with E-state index in [1.807, 2.05) is 0 Å². The second-order valence-corrected chi connectivity index (χ2v) is 10.1. The molecule has 5 heteroatoms. The van der Waals surface area contributed by atoms with Crippen LogP contribution in [-0.2, 0) is 19.9 Å². The number of rotatable bonds is 3. The summed E-state index contributed by atoms with van der Waals surface area (Å²) < 4.78 is 0. The van der Waals surface area contributed by atoms with Crippen molar-refractivity contribution in [1.29, 1.82) is 0 Å². The molecule has 1 saturated carbocycles. The van der Waals surface area contributed by atoms with Gasteiger partial charge >= 0.3 is 33.2 Å². The third-order valence-corrected chi connectivity index (χ3v) is 5.84. The maximum Gasteiger partial charge on any atom is -1.00 e. The minimum atomic E-state index is 0. The van der Waals surface area contributed by atoms with Gasteiger partial charge in [-0.25, -0.2) is 0 Å². The van der Waals surface area contributed by atoms with Crippen molar-refractivity contribution in [2.75, 3.05) is 13.3 Å². The fraction of sp³-hybridized carbons (Fsp3) is 1.00. The van der Waals surface area contributed by atoms with Crippen LogP contribution in [0.1, 0.15) is 53.4 Å². The van der Waals surface area contributed by atoms with Crippen LogP contribution >= 0.6 is 15.2 Å². The number of halogens is 2. The molecule has 0 N–H and O–H groups in total. The van der Waals surface area contributed by atoms with Gasteiger partial charge in [0, 0.05) is 0 Å². The Hall–Kier alpha value is 2.15. The fourth-order valence-corrected chi connectivity index (χ4v) is 4.38. The van der Waals surface area contributed by atoms with Crippen LogP contribution in [0.2, 0.25) is 0 Å². The van der Waals surface area contributed by atoms with E-state index in [0.717, 1.165) is 32.6 Å². The molecule has 0 radical (unpaired) electrons. The molecule has 0 amide bonds. The van der Waals surface area contributed by atoms with Crippen LogP contribution in [0.4, 0.5) is 0 Å². The quantitative estimate of drug-likeness (QED) is 0.449. The van der Waals surface area contributed by atoms with Crippen LogP contribution in [0.3, 0.4) is 0 Å². The largest absolute Gasteiger partial charge is 1.00 e. The van der Waals surface area contributed by atoms with Gasteiger partial charge in [0.05, 0.1) is 0 Å². The Bertz CT molecular complexity index is 194. The van der Waals surface area contributed by atoms with Gasteiger partial charge in [0.1, 0.15) is 0 Å². The first-order valence-corrected chi connectivity index (χ1v) is 12.4. The van der Waals surface area contributed by atoms with Crippen LogP contribution < -0.4 is 24.8 Å². The molecule has 1 rings (SSSR count). The summed E-state index contributed by atoms with van der Waals surface area (Å²) in [6.45, 7) is 15.4. The molecule has 0 heterocycles. The summed E-state index contributed by atoms with van der Waals surface area (Å²) in [4.78, 5) is 0. The molecular weight excluding hydrogens is 349 g/mol. The van der Waals surface area contributed by atoms with E-state index in [0.29, 0.717) is 5.41 Å². The summed E-state index contributed by atoms with van der Waals surface area (Å²) in [6.07, 6.45) is 5.94. The third-order valence-electron chi connectivity index (χ3n) is 4.53. The van der Waals surface area contributed by atoms with Crippen LogP contribution in [0.5, 0.6) is 0 Å². The van der Waals surface area contributed by atoms with E-state index in [1.165, 1.54) is 25.7 Å². The Morgan fingerprint density at radius 1 is 1.05 bits per heavy atom. The number of hydrogen-bond acceptors (Lipinski definition) is 0. The molecule has 0 aromatic carbocycles. The maximum atomic E-state index is 2.43. The average molecular weight is 380 g/mol. The Morgan fingerprint density at radius 2 is 1.47 bits per heavy atom. The molecule has 0 aromatic rings. The van der Waals surface area contributed by atoms with Gasteiger partial charge < -0.3 is 24.8 Å². The van der Waals surface area contributed by atoms with Crippen LogP contribution in [-0.4, -0.2) is 19.0 Å². The molecule has 19 heavy (non-hydrogen) atoms. The van der Waals surface area contributed by atoms with E-state index < -0.39 is 0 Å². The first-order valence-electron chi connectivity index (χ1n) is 6.95. The summed E-state index contributed by atoms with van der Waals surface area (Å²) in [5, 5.41) is 0. The van der Waals surface area contributed by atoms with Crippen molar-refractivity contribution in [3.8, 4) is 0 Å². The molecule has 1 aliphatic carbocycles. The van der Waals surface area contributed by atoms with Crippen molar-refractivity contribution in [3.05, 3.63) is 0 Å². The van der Waals surface area contributed by atoms with Crippen LogP contribution in [0.15, 0.2) is 0 Å². The summed E-state index contributed by atoms with van der Waals surface area (Å²) >= 11 is 2.15. The van der Waals surface area contributed by atoms with E-state index in [4.69, 9.17) is 0 Å². The average Bonchev–Trinajstić information content (AvgIpc) is 2.29. The van der Waals surface area contributed by atoms with E-state index in [9.17, 15) is 0 Å². The van der Waals surface area contributed by atoms with Crippen molar-refractivity contribution < 1.29 is 44.7 Å². The molecule has 1 fully saturated rings. The van der Waals surface area contributed by atoms with Crippen LogP contribution in [0.25, 0.3) is 0 Å². The van der Waals surface area contributed by atoms with Gasteiger partial charge in [-0.3, -0.25) is 0 Å². The third kappa shape index (κ3) is 8.38. The number of hydrogen-bond donors (Lipinski definition) is 0. The smallest absolute Gasteiger partial charge is 1.00 e. The Balaban J connectivity index is -0.000000468. The molecule has 0 spiro atoms. The topological polar surface area (TPSA) is 0 Å². The first kappa shape index (κ1) is 26.1. The van der Waals surface area contributed by atoms with E-state index in [2.05, 4.69) is 60.9 Å². The van der Waals surface area contributed by atoms with E-state index in [1.54, 1.807) is 0 Å². The van der Waals surface area contributed by atoms with Crippen molar-refractivity contribution in [1.82, 2.24) is 0 Å². The zero-order chi connectivity index (χ0) is 13.5. The maximum absolute atomic E-state index is 2.43. The predicted molar refractivity (Wildman–Crippen MR) is 82.8 cm³/mol. The summed E-state index contributed by atoms with van der Waals surface area (Å²) in [5.41, 5.74) is 1.69. The minimum Gasteiger partial charge on any atom is -1.00 e. The SMILES string of the molecule is CPC1CCCC(C(C)C)(C(C)C)C1.C[PH][Ti+2].[Cl-].[Cl-]. The van der Waals surface area contributed by atoms with Gasteiger partial charge in [-0.1, -0.05) is 34.1 Å². The molecule has 115 valence electrons. The molecule has 3 unspecified atom stereocenters. The predicted octanol–water partition coefficient (Wildman–Crippen LogP) is -0.700. The zero-order valence-electron chi connectivity index (χ0n) is 13.3. The standard InChI is InChI=1S/C13H27P.CH4P.2ClH.Ti/c1-10(2)13(11(3)4)8-6-7-12(9-13)14-5;1-2;;;/h10-12,14H,6-9H2,1-5H3;2H,1H3;2*1H;/q;-1;;;+3/p-2. The Kier molecular flexibility index (Phi) is 18.9. The van der Waals surface area contributed by atoms with Gasteiger partial charge in [-0.2, -0.15) is 0 Å². The van der Waals surface area contributed by atoms with Gasteiger partial charge in [-0.05, 0) is 48.8 Å². The molecule has 3 atom stereocenters. The Labute approximate surface area is 149 Å². The van der Waals surface area contributed by atoms with Gasteiger partial charge in [0.25, 0.3) is 0 Å². The normalized spacial score (nSPS) is 22.3. The van der Waals surface area contributed by atoms with E-state index in [-0.39, 0.29) is 24.8 Å². The molecular formula is C14H31Cl2P2Ti. The molecule has 0 bridgehead atoms. The molecule has 0 saturated heterocycles. The second-order valence-electron chi connectivity index (χ2n) is 5.87. The minimum absolute atomic E-state index is 0. The van der Waals surface area contributed by atoms with Crippen molar-refractivity contribution in [2.45, 2.75) is 59.0 Å². The Morgan fingerprint density at radius 3 is 1.79 bits per heavy atom. The van der Waals surface area contributed by atoms with Crippen molar-refractivity contribution >= 4 is 15.2 Å². The molecule has 1 aliphatic rings. The second kappa shape index (κ2) is 13.8. The van der Waals surface area contributed by atoms with Crippen molar-refractivity contribution in [3.63, 3.8) is 0 Å². The van der Waals surface area contributed by atoms with Crippen molar-refractivity contribution in [2.24, 2.45) is 17.3 Å². The first-order chi connectivity index (χ1) is 7.94. The molecule has 0 nitrogen and oxygen atoms in total. The molecule has 0 aliphatic heterocycles. The van der Waals surface area contributed by atoms with Crippen LogP contribution in [0, 0.1) is 17.3 Å². The fourth-order valence-electron chi connectivity index (χ4n) is 3.30. The van der Waals surface area contributed by atoms with Gasteiger partial charge in [-0.15, -0.1) is 8.58 Å². The van der Waals surface area contributed by atoms with E-state index >= 15 is 0 Å².